The quantitative estimate of drug-likeness (QED) is 0.156. The number of nitrogens with zero attached hydrogens (tertiary/aromatic N) is 2. The number of rotatable bonds is 6. The summed E-state index contributed by atoms with van der Waals surface area (Å²) < 4.78 is 9.10. The van der Waals surface area contributed by atoms with E-state index in [2.05, 4.69) is 234 Å². The van der Waals surface area contributed by atoms with Crippen LogP contribution in [0, 0.1) is 0 Å². The summed E-state index contributed by atoms with van der Waals surface area (Å²) in [5.74, 6) is 0. The lowest BCUT2D eigenvalue weighted by Crippen LogP contribution is -2.10. The third-order valence-corrected chi connectivity index (χ3v) is 13.0. The van der Waals surface area contributed by atoms with Gasteiger partial charge in [-0.05, 0) is 110 Å². The number of benzene rings is 11. The first-order valence-corrected chi connectivity index (χ1v) is 21.6. The molecule has 63 heavy (non-hydrogen) atoms. The van der Waals surface area contributed by atoms with Gasteiger partial charge in [0.05, 0.1) is 16.7 Å². The van der Waals surface area contributed by atoms with E-state index < -0.39 is 0 Å². The summed E-state index contributed by atoms with van der Waals surface area (Å²) in [5, 5.41) is 12.2. The van der Waals surface area contributed by atoms with E-state index in [0.717, 1.165) is 55.8 Å². The smallest absolute Gasteiger partial charge is 0.159 e. The number of hydrogen-bond acceptors (Lipinski definition) is 2. The minimum Gasteiger partial charge on any atom is -0.454 e. The van der Waals surface area contributed by atoms with E-state index in [1.54, 1.807) is 0 Å². The van der Waals surface area contributed by atoms with Gasteiger partial charge in [0.2, 0.25) is 0 Å². The molecule has 0 fully saturated rings. The number of aromatic nitrogens is 1. The highest BCUT2D eigenvalue weighted by Gasteiger charge is 2.21. The summed E-state index contributed by atoms with van der Waals surface area (Å²) in [4.78, 5) is 2.33. The second-order valence-electron chi connectivity index (χ2n) is 16.5. The molecule has 294 valence electrons. The standard InChI is InChI=1S/C60H38N2O/c1-2-13-46(14-3-1)62-57-38-45(30-35-51(57)53-36-29-42-12-5-7-16-50(42)59(53)62)40-27-33-48(34-28-40)61(56-19-10-18-54-52-17-8-9-20-58(52)63-60(54)56)47-31-25-39(26-32-47)44-24-23-43-22-21-41-11-4-6-15-49(41)55(43)37-44/h1-38H. The van der Waals surface area contributed by atoms with Crippen LogP contribution in [0.3, 0.4) is 0 Å². The first kappa shape index (κ1) is 35.4. The van der Waals surface area contributed by atoms with Crippen molar-refractivity contribution in [2.24, 2.45) is 0 Å². The van der Waals surface area contributed by atoms with Crippen molar-refractivity contribution in [1.29, 1.82) is 0 Å². The molecule has 0 aliphatic rings. The van der Waals surface area contributed by atoms with Crippen LogP contribution in [0.5, 0.6) is 0 Å². The average Bonchev–Trinajstić information content (AvgIpc) is 3.91. The fourth-order valence-electron chi connectivity index (χ4n) is 9.93. The van der Waals surface area contributed by atoms with Crippen LogP contribution < -0.4 is 4.90 Å². The molecule has 0 aliphatic carbocycles. The lowest BCUT2D eigenvalue weighted by atomic mass is 9.97. The lowest BCUT2D eigenvalue weighted by Gasteiger charge is -2.26. The molecule has 13 aromatic rings. The number of hydrogen-bond donors (Lipinski definition) is 0. The van der Waals surface area contributed by atoms with Crippen LogP contribution in [0.2, 0.25) is 0 Å². The second kappa shape index (κ2) is 14.1. The first-order chi connectivity index (χ1) is 31.2. The van der Waals surface area contributed by atoms with E-state index >= 15 is 0 Å². The molecule has 11 aromatic carbocycles. The van der Waals surface area contributed by atoms with Gasteiger partial charge in [-0.15, -0.1) is 0 Å². The zero-order valence-electron chi connectivity index (χ0n) is 34.2. The van der Waals surface area contributed by atoms with Gasteiger partial charge in [-0.2, -0.15) is 0 Å². The number of furan rings is 1. The molecular formula is C60H38N2O. The van der Waals surface area contributed by atoms with Gasteiger partial charge in [0, 0.05) is 44.0 Å². The molecule has 0 unspecified atom stereocenters. The minimum absolute atomic E-state index is 0.861. The van der Waals surface area contributed by atoms with Crippen LogP contribution >= 0.6 is 0 Å². The van der Waals surface area contributed by atoms with Crippen molar-refractivity contribution >= 4 is 93.1 Å². The highest BCUT2D eigenvalue weighted by atomic mass is 16.3. The summed E-state index contributed by atoms with van der Waals surface area (Å²) in [7, 11) is 0. The van der Waals surface area contributed by atoms with Gasteiger partial charge >= 0.3 is 0 Å². The van der Waals surface area contributed by atoms with Crippen LogP contribution in [0.4, 0.5) is 17.1 Å². The summed E-state index contributed by atoms with van der Waals surface area (Å²) in [6, 6.07) is 83.4. The Morgan fingerprint density at radius 1 is 0.333 bits per heavy atom. The molecule has 0 saturated heterocycles. The van der Waals surface area contributed by atoms with Crippen LogP contribution in [-0.4, -0.2) is 4.57 Å². The normalized spacial score (nSPS) is 11.8. The molecule has 0 atom stereocenters. The molecule has 0 radical (unpaired) electrons. The fraction of sp³-hybridized carbons (Fsp3) is 0. The third kappa shape index (κ3) is 5.67. The summed E-state index contributed by atoms with van der Waals surface area (Å²) >= 11 is 0. The molecule has 3 heteroatoms. The maximum absolute atomic E-state index is 6.67. The van der Waals surface area contributed by atoms with Gasteiger partial charge in [0.25, 0.3) is 0 Å². The second-order valence-corrected chi connectivity index (χ2v) is 16.5. The lowest BCUT2D eigenvalue weighted by molar-refractivity contribution is 0.669. The topological polar surface area (TPSA) is 21.3 Å². The van der Waals surface area contributed by atoms with Gasteiger partial charge in [0.15, 0.2) is 5.58 Å². The maximum atomic E-state index is 6.67. The van der Waals surface area contributed by atoms with Crippen molar-refractivity contribution in [3.8, 4) is 27.9 Å². The van der Waals surface area contributed by atoms with Gasteiger partial charge in [-0.3, -0.25) is 0 Å². The average molecular weight is 803 g/mol. The van der Waals surface area contributed by atoms with Crippen LogP contribution in [0.1, 0.15) is 0 Å². The molecule has 0 amide bonds. The summed E-state index contributed by atoms with van der Waals surface area (Å²) in [6.07, 6.45) is 0. The van der Waals surface area contributed by atoms with Crippen molar-refractivity contribution in [1.82, 2.24) is 4.57 Å². The zero-order valence-corrected chi connectivity index (χ0v) is 34.2. The van der Waals surface area contributed by atoms with Crippen molar-refractivity contribution in [3.05, 3.63) is 231 Å². The van der Waals surface area contributed by atoms with Crippen molar-refractivity contribution in [2.45, 2.75) is 0 Å². The van der Waals surface area contributed by atoms with Gasteiger partial charge in [-0.1, -0.05) is 170 Å². The van der Waals surface area contributed by atoms with Gasteiger partial charge < -0.3 is 13.9 Å². The Balaban J connectivity index is 0.939. The predicted octanol–water partition coefficient (Wildman–Crippen LogP) is 16.9. The SMILES string of the molecule is c1ccc(-n2c3cc(-c4ccc(N(c5ccc(-c6ccc7ccc8ccccc8c7c6)cc5)c5cccc6c5oc5ccccc56)cc4)ccc3c3ccc4ccccc4c32)cc1. The summed E-state index contributed by atoms with van der Waals surface area (Å²) in [5.41, 5.74) is 13.1. The van der Waals surface area contributed by atoms with E-state index in [-0.39, 0.29) is 0 Å². The Labute approximate surface area is 363 Å². The molecular weight excluding hydrogens is 765 g/mol. The van der Waals surface area contributed by atoms with Crippen molar-refractivity contribution < 1.29 is 4.42 Å². The highest BCUT2D eigenvalue weighted by molar-refractivity contribution is 6.19. The molecule has 13 rings (SSSR count). The Hall–Kier alpha value is -8.40. The van der Waals surface area contributed by atoms with Gasteiger partial charge in [0.1, 0.15) is 5.58 Å². The maximum Gasteiger partial charge on any atom is 0.159 e. The number of anilines is 3. The minimum atomic E-state index is 0.861. The van der Waals surface area contributed by atoms with Crippen molar-refractivity contribution in [2.75, 3.05) is 4.90 Å². The van der Waals surface area contributed by atoms with Crippen molar-refractivity contribution in [3.63, 3.8) is 0 Å². The first-order valence-electron chi connectivity index (χ1n) is 21.6. The monoisotopic (exact) mass is 802 g/mol. The van der Waals surface area contributed by atoms with E-state index in [0.29, 0.717) is 0 Å². The molecule has 0 aliphatic heterocycles. The Bertz CT molecular complexity index is 3900. The van der Waals surface area contributed by atoms with E-state index in [9.17, 15) is 0 Å². The zero-order chi connectivity index (χ0) is 41.4. The van der Waals surface area contributed by atoms with E-state index in [1.165, 1.54) is 65.3 Å². The number of fused-ring (bicyclic) bond motifs is 11. The molecule has 2 aromatic heterocycles. The predicted molar refractivity (Wildman–Crippen MR) is 266 cm³/mol. The molecule has 2 heterocycles. The van der Waals surface area contributed by atoms with Crippen LogP contribution in [0.25, 0.3) is 104 Å². The van der Waals surface area contributed by atoms with E-state index in [4.69, 9.17) is 4.42 Å². The highest BCUT2D eigenvalue weighted by Crippen LogP contribution is 2.44. The molecule has 0 saturated carbocycles. The Morgan fingerprint density at radius 2 is 0.873 bits per heavy atom. The molecule has 0 spiro atoms. The Morgan fingerprint density at radius 3 is 1.63 bits per heavy atom. The molecule has 3 nitrogen and oxygen atoms in total. The molecule has 0 N–H and O–H groups in total. The van der Waals surface area contributed by atoms with E-state index in [1.807, 2.05) is 6.07 Å². The third-order valence-electron chi connectivity index (χ3n) is 13.0. The fourth-order valence-corrected chi connectivity index (χ4v) is 9.93. The van der Waals surface area contributed by atoms with Crippen LogP contribution in [-0.2, 0) is 0 Å². The van der Waals surface area contributed by atoms with Gasteiger partial charge in [-0.25, -0.2) is 0 Å². The Kier molecular flexibility index (Phi) is 7.91. The largest absolute Gasteiger partial charge is 0.454 e. The van der Waals surface area contributed by atoms with Crippen LogP contribution in [0.15, 0.2) is 235 Å². The number of para-hydroxylation sites is 3. The summed E-state index contributed by atoms with van der Waals surface area (Å²) in [6.45, 7) is 0. The molecule has 0 bridgehead atoms.